The first kappa shape index (κ1) is 29.6. The molecule has 0 radical (unpaired) electrons. The molecule has 1 atom stereocenters. The van der Waals surface area contributed by atoms with Crippen LogP contribution < -0.4 is 16.0 Å². The number of hydrogen-bond acceptors (Lipinski definition) is 9. The van der Waals surface area contributed by atoms with Crippen molar-refractivity contribution in [2.75, 3.05) is 10.7 Å². The van der Waals surface area contributed by atoms with Crippen LogP contribution in [0.25, 0.3) is 11.4 Å². The van der Waals surface area contributed by atoms with Crippen molar-refractivity contribution in [1.29, 1.82) is 0 Å². The summed E-state index contributed by atoms with van der Waals surface area (Å²) < 4.78 is 62.8. The number of fused-ring (bicyclic) bond motifs is 1. The van der Waals surface area contributed by atoms with Crippen LogP contribution in [0, 0.1) is 5.82 Å². The van der Waals surface area contributed by atoms with Gasteiger partial charge < -0.3 is 30.4 Å². The number of nitrogens with zero attached hydrogens (tertiary/aromatic N) is 4. The number of benzene rings is 2. The first-order valence-corrected chi connectivity index (χ1v) is 12.9. The zero-order chi connectivity index (χ0) is 30.1. The number of amides is 2. The van der Waals surface area contributed by atoms with Gasteiger partial charge in [0, 0.05) is 16.2 Å². The number of carbonyl (C=O) groups excluding carboxylic acids is 2. The highest BCUT2D eigenvalue weighted by molar-refractivity contribution is 7.99. The van der Waals surface area contributed by atoms with Crippen LogP contribution in [0.3, 0.4) is 0 Å². The number of rotatable bonds is 5. The quantitative estimate of drug-likeness (QED) is 0.127. The van der Waals surface area contributed by atoms with Crippen molar-refractivity contribution < 1.29 is 41.6 Å². The van der Waals surface area contributed by atoms with E-state index in [1.807, 2.05) is 0 Å². The van der Waals surface area contributed by atoms with E-state index >= 15 is 0 Å². The third-order valence-corrected chi connectivity index (χ3v) is 6.74. The average Bonchev–Trinajstić information content (AvgIpc) is 3.36. The van der Waals surface area contributed by atoms with Crippen LogP contribution in [0.4, 0.5) is 28.0 Å². The summed E-state index contributed by atoms with van der Waals surface area (Å²) in [5.41, 5.74) is 5.54. The maximum absolute atomic E-state index is 14.8. The molecule has 0 saturated heterocycles. The first-order chi connectivity index (χ1) is 19.2. The molecule has 2 heterocycles. The Bertz CT molecular complexity index is 1490. The summed E-state index contributed by atoms with van der Waals surface area (Å²) in [4.78, 5) is 31.2. The molecule has 0 aliphatic carbocycles. The Kier molecular flexibility index (Phi) is 8.15. The van der Waals surface area contributed by atoms with Crippen molar-refractivity contribution in [3.05, 3.63) is 59.2 Å². The first-order valence-electron chi connectivity index (χ1n) is 11.9. The molecule has 11 nitrogen and oxygen atoms in total. The highest BCUT2D eigenvalue weighted by Crippen LogP contribution is 2.37. The maximum Gasteiger partial charge on any atom is 0.471 e. The van der Waals surface area contributed by atoms with E-state index in [9.17, 15) is 27.2 Å². The summed E-state index contributed by atoms with van der Waals surface area (Å²) >= 11 is 1.11. The van der Waals surface area contributed by atoms with Crippen LogP contribution in [0.1, 0.15) is 37.8 Å². The molecular formula is C25H24F4N6O5S. The maximum atomic E-state index is 14.8. The van der Waals surface area contributed by atoms with Gasteiger partial charge in [-0.2, -0.15) is 18.2 Å². The van der Waals surface area contributed by atoms with Gasteiger partial charge >= 0.3 is 18.2 Å². The number of alkyl halides is 3. The number of anilines is 1. The van der Waals surface area contributed by atoms with Crippen LogP contribution in [0.15, 0.2) is 51.0 Å². The fourth-order valence-corrected chi connectivity index (χ4v) is 4.86. The van der Waals surface area contributed by atoms with Crippen molar-refractivity contribution in [2.24, 2.45) is 10.9 Å². The van der Waals surface area contributed by atoms with Gasteiger partial charge in [-0.25, -0.2) is 9.18 Å². The Balaban J connectivity index is 1.68. The molecule has 218 valence electrons. The molecule has 2 amide bonds. The summed E-state index contributed by atoms with van der Waals surface area (Å²) in [6, 6.07) is 7.29. The van der Waals surface area contributed by atoms with Crippen LogP contribution >= 0.6 is 11.8 Å². The van der Waals surface area contributed by atoms with Gasteiger partial charge in [0.25, 0.3) is 5.91 Å². The van der Waals surface area contributed by atoms with Crippen LogP contribution in [-0.2, 0) is 22.3 Å². The summed E-state index contributed by atoms with van der Waals surface area (Å²) in [5, 5.41) is 17.8. The van der Waals surface area contributed by atoms with Gasteiger partial charge in [0.05, 0.1) is 17.8 Å². The zero-order valence-corrected chi connectivity index (χ0v) is 22.6. The number of amidine groups is 1. The summed E-state index contributed by atoms with van der Waals surface area (Å²) in [5.74, 6) is -3.59. The highest BCUT2D eigenvalue weighted by Gasteiger charge is 2.38. The van der Waals surface area contributed by atoms with E-state index in [0.29, 0.717) is 10.5 Å². The van der Waals surface area contributed by atoms with E-state index in [2.05, 4.69) is 25.1 Å². The Hall–Kier alpha value is -4.34. The van der Waals surface area contributed by atoms with Crippen LogP contribution in [0.2, 0.25) is 0 Å². The van der Waals surface area contributed by atoms with Crippen molar-refractivity contribution >= 4 is 35.3 Å². The molecular weight excluding hydrogens is 572 g/mol. The summed E-state index contributed by atoms with van der Waals surface area (Å²) in [6.07, 6.45) is -5.62. The predicted molar refractivity (Wildman–Crippen MR) is 139 cm³/mol. The number of carbonyl (C=O) groups is 2. The standard InChI is InChI=1S/C25H24F4N6O5S/c1-24(2,3)39-23(37)31-16-11-41-18-9-15(26)14(19(30)33-38)8-17(18)35(21(16)36)10-12-4-6-13(7-5-12)20-32-22(40-34-20)25(27,28)29/h4-9,16,38H,10-11H2,1-3H3,(H2,30,33)(H,31,37)/t16-/m0/s1. The third-order valence-electron chi connectivity index (χ3n) is 5.61. The lowest BCUT2D eigenvalue weighted by Gasteiger charge is -2.27. The molecule has 1 aliphatic heterocycles. The van der Waals surface area contributed by atoms with Crippen molar-refractivity contribution in [2.45, 2.75) is 50.0 Å². The number of ether oxygens (including phenoxy) is 1. The second kappa shape index (κ2) is 11.3. The number of oxime groups is 1. The van der Waals surface area contributed by atoms with E-state index < -0.39 is 47.4 Å². The molecule has 4 N–H and O–H groups in total. The minimum Gasteiger partial charge on any atom is -0.444 e. The monoisotopic (exact) mass is 596 g/mol. The topological polar surface area (TPSA) is 156 Å². The van der Waals surface area contributed by atoms with Crippen molar-refractivity contribution in [3.8, 4) is 11.4 Å². The molecule has 0 unspecified atom stereocenters. The van der Waals surface area contributed by atoms with E-state index in [1.54, 1.807) is 20.8 Å². The van der Waals surface area contributed by atoms with Gasteiger partial charge in [-0.3, -0.25) is 4.79 Å². The molecule has 41 heavy (non-hydrogen) atoms. The van der Waals surface area contributed by atoms with Crippen LogP contribution in [-0.4, -0.2) is 50.6 Å². The summed E-state index contributed by atoms with van der Waals surface area (Å²) in [6.45, 7) is 4.90. The van der Waals surface area contributed by atoms with Crippen LogP contribution in [0.5, 0.6) is 0 Å². The third kappa shape index (κ3) is 6.87. The molecule has 3 aromatic rings. The molecule has 1 aromatic heterocycles. The van der Waals surface area contributed by atoms with E-state index in [4.69, 9.17) is 15.7 Å². The second-order valence-corrected chi connectivity index (χ2v) is 10.9. The van der Waals surface area contributed by atoms with E-state index in [1.165, 1.54) is 35.2 Å². The average molecular weight is 597 g/mol. The van der Waals surface area contributed by atoms with Gasteiger partial charge in [-0.05, 0) is 38.5 Å². The van der Waals surface area contributed by atoms with Gasteiger partial charge in [0.15, 0.2) is 5.84 Å². The van der Waals surface area contributed by atoms with Crippen molar-refractivity contribution in [3.63, 3.8) is 0 Å². The summed E-state index contributed by atoms with van der Waals surface area (Å²) in [7, 11) is 0. The van der Waals surface area contributed by atoms with Crippen molar-refractivity contribution in [1.82, 2.24) is 15.5 Å². The number of hydrogen-bond donors (Lipinski definition) is 3. The lowest BCUT2D eigenvalue weighted by atomic mass is 10.1. The molecule has 0 saturated carbocycles. The Morgan fingerprint density at radius 3 is 2.54 bits per heavy atom. The molecule has 16 heteroatoms. The van der Waals surface area contributed by atoms with Gasteiger partial charge in [0.2, 0.25) is 5.82 Å². The fraction of sp³-hybridized carbons (Fsp3) is 0.320. The second-order valence-electron chi connectivity index (χ2n) is 9.84. The van der Waals surface area contributed by atoms with E-state index in [-0.39, 0.29) is 34.9 Å². The van der Waals surface area contributed by atoms with Gasteiger partial charge in [-0.15, -0.1) is 11.8 Å². The minimum atomic E-state index is -4.80. The molecule has 4 rings (SSSR count). The van der Waals surface area contributed by atoms with E-state index in [0.717, 1.165) is 17.8 Å². The number of alkyl carbamates (subject to hydrolysis) is 1. The zero-order valence-electron chi connectivity index (χ0n) is 21.8. The van der Waals surface area contributed by atoms with Gasteiger partial charge in [-0.1, -0.05) is 34.6 Å². The molecule has 0 bridgehead atoms. The fourth-order valence-electron chi connectivity index (χ4n) is 3.79. The molecule has 0 fully saturated rings. The number of nitrogens with one attached hydrogen (secondary N) is 1. The normalized spacial score (nSPS) is 16.3. The molecule has 2 aromatic carbocycles. The smallest absolute Gasteiger partial charge is 0.444 e. The number of nitrogens with two attached hydrogens (primary N) is 1. The number of halogens is 4. The lowest BCUT2D eigenvalue weighted by Crippen LogP contribution is -2.50. The molecule has 0 spiro atoms. The SMILES string of the molecule is CC(C)(C)OC(=O)N[C@H]1CSc2cc(F)c(/C(N)=N/O)cc2N(Cc2ccc(-c3noc(C(F)(F)F)n3)cc2)C1=O. The minimum absolute atomic E-state index is 0.0439. The number of aromatic nitrogens is 2. The Morgan fingerprint density at radius 2 is 1.95 bits per heavy atom. The largest absolute Gasteiger partial charge is 0.471 e. The Labute approximate surface area is 234 Å². The number of thioether (sulfide) groups is 1. The Morgan fingerprint density at radius 1 is 1.27 bits per heavy atom. The molecule has 1 aliphatic rings. The lowest BCUT2D eigenvalue weighted by molar-refractivity contribution is -0.159. The predicted octanol–water partition coefficient (Wildman–Crippen LogP) is 4.52. The highest BCUT2D eigenvalue weighted by atomic mass is 32.2. The van der Waals surface area contributed by atoms with Gasteiger partial charge in [0.1, 0.15) is 17.5 Å².